The number of imidazole rings is 1. The Morgan fingerprint density at radius 2 is 2.00 bits per heavy atom. The van der Waals surface area contributed by atoms with Crippen LogP contribution in [0.1, 0.15) is 24.8 Å². The highest BCUT2D eigenvalue weighted by Crippen LogP contribution is 2.27. The molecule has 0 spiro atoms. The van der Waals surface area contributed by atoms with Crippen molar-refractivity contribution in [3.8, 4) is 6.07 Å². The quantitative estimate of drug-likeness (QED) is 0.774. The van der Waals surface area contributed by atoms with E-state index >= 15 is 0 Å². The van der Waals surface area contributed by atoms with Crippen molar-refractivity contribution in [2.45, 2.75) is 19.3 Å². The van der Waals surface area contributed by atoms with Crippen LogP contribution in [0.5, 0.6) is 0 Å². The molecule has 1 fully saturated rings. The first-order valence-corrected chi connectivity index (χ1v) is 9.20. The molecular weight excluding hydrogens is 338 g/mol. The molecule has 1 saturated heterocycles. The molecule has 1 N–H and O–H groups in total. The van der Waals surface area contributed by atoms with Crippen LogP contribution in [0.2, 0.25) is 0 Å². The summed E-state index contributed by atoms with van der Waals surface area (Å²) in [5.74, 6) is 1.14. The number of anilines is 2. The Balaban J connectivity index is 1.35. The molecule has 136 valence electrons. The number of pyridine rings is 1. The molecule has 0 atom stereocenters. The monoisotopic (exact) mass is 359 g/mol. The minimum atomic E-state index is 0.0343. The van der Waals surface area contributed by atoms with Gasteiger partial charge in [-0.3, -0.25) is 9.20 Å². The lowest BCUT2D eigenvalue weighted by Crippen LogP contribution is -2.35. The normalized spacial score (nSPS) is 14.9. The van der Waals surface area contributed by atoms with Crippen LogP contribution >= 0.6 is 0 Å². The third-order valence-electron chi connectivity index (χ3n) is 5.15. The Morgan fingerprint density at radius 1 is 1.19 bits per heavy atom. The number of benzene rings is 1. The zero-order valence-corrected chi connectivity index (χ0v) is 15.0. The van der Waals surface area contributed by atoms with Crippen molar-refractivity contribution in [3.05, 3.63) is 60.4 Å². The summed E-state index contributed by atoms with van der Waals surface area (Å²) in [6.45, 7) is 1.74. The first-order valence-electron chi connectivity index (χ1n) is 9.20. The lowest BCUT2D eigenvalue weighted by Gasteiger charge is -2.33. The lowest BCUT2D eigenvalue weighted by molar-refractivity contribution is -0.117. The minimum absolute atomic E-state index is 0.0343. The Hall–Kier alpha value is -3.33. The van der Waals surface area contributed by atoms with Crippen LogP contribution < -0.4 is 10.2 Å². The van der Waals surface area contributed by atoms with Crippen LogP contribution in [0.15, 0.2) is 54.9 Å². The summed E-state index contributed by atoms with van der Waals surface area (Å²) in [4.78, 5) is 19.0. The fourth-order valence-electron chi connectivity index (χ4n) is 3.73. The van der Waals surface area contributed by atoms with E-state index in [1.165, 1.54) is 0 Å². The fraction of sp³-hybridized carbons (Fsp3) is 0.286. The Kier molecular flexibility index (Phi) is 4.75. The maximum absolute atomic E-state index is 12.5. The molecule has 6 heteroatoms. The van der Waals surface area contributed by atoms with E-state index in [9.17, 15) is 10.1 Å². The summed E-state index contributed by atoms with van der Waals surface area (Å²) >= 11 is 0. The van der Waals surface area contributed by atoms with Crippen molar-refractivity contribution in [2.24, 2.45) is 5.92 Å². The van der Waals surface area contributed by atoms with Gasteiger partial charge in [0, 0.05) is 31.9 Å². The van der Waals surface area contributed by atoms with E-state index in [0.717, 1.165) is 43.1 Å². The van der Waals surface area contributed by atoms with Crippen molar-refractivity contribution >= 4 is 23.1 Å². The topological polar surface area (TPSA) is 73.4 Å². The molecule has 1 amide bonds. The maximum Gasteiger partial charge on any atom is 0.225 e. The SMILES string of the molecule is N#Cc1ccccc1N1CCC(CC(=O)Nc2cccc3nccn23)CC1. The Bertz CT molecular complexity index is 995. The van der Waals surface area contributed by atoms with Gasteiger partial charge in [-0.2, -0.15) is 5.26 Å². The van der Waals surface area contributed by atoms with E-state index in [1.54, 1.807) is 6.20 Å². The maximum atomic E-state index is 12.5. The number of fused-ring (bicyclic) bond motifs is 1. The Morgan fingerprint density at radius 3 is 2.81 bits per heavy atom. The van der Waals surface area contributed by atoms with Gasteiger partial charge in [-0.1, -0.05) is 18.2 Å². The van der Waals surface area contributed by atoms with E-state index < -0.39 is 0 Å². The molecule has 4 rings (SSSR count). The molecule has 0 unspecified atom stereocenters. The zero-order valence-electron chi connectivity index (χ0n) is 15.0. The van der Waals surface area contributed by atoms with Gasteiger partial charge in [0.15, 0.2) is 0 Å². The molecule has 0 bridgehead atoms. The number of hydrogen-bond donors (Lipinski definition) is 1. The second-order valence-electron chi connectivity index (χ2n) is 6.88. The predicted molar refractivity (Wildman–Crippen MR) is 105 cm³/mol. The van der Waals surface area contributed by atoms with Gasteiger partial charge in [0.25, 0.3) is 0 Å². The van der Waals surface area contributed by atoms with Gasteiger partial charge in [-0.05, 0) is 43.0 Å². The molecule has 1 aliphatic rings. The number of nitrogens with zero attached hydrogens (tertiary/aromatic N) is 4. The molecule has 1 aromatic carbocycles. The van der Waals surface area contributed by atoms with E-state index in [0.29, 0.717) is 17.9 Å². The number of carbonyl (C=O) groups is 1. The summed E-state index contributed by atoms with van der Waals surface area (Å²) in [7, 11) is 0. The van der Waals surface area contributed by atoms with Crippen LogP contribution in [-0.2, 0) is 4.79 Å². The van der Waals surface area contributed by atoms with E-state index in [4.69, 9.17) is 0 Å². The summed E-state index contributed by atoms with van der Waals surface area (Å²) in [5, 5.41) is 12.3. The van der Waals surface area contributed by atoms with Gasteiger partial charge < -0.3 is 10.2 Å². The first-order chi connectivity index (χ1) is 13.2. The number of amides is 1. The Labute approximate surface area is 158 Å². The number of aromatic nitrogens is 2. The molecule has 1 aliphatic heterocycles. The molecular formula is C21H21N5O. The minimum Gasteiger partial charge on any atom is -0.370 e. The average Bonchev–Trinajstić information content (AvgIpc) is 3.18. The van der Waals surface area contributed by atoms with Gasteiger partial charge in [-0.25, -0.2) is 4.98 Å². The highest BCUT2D eigenvalue weighted by atomic mass is 16.1. The average molecular weight is 359 g/mol. The highest BCUT2D eigenvalue weighted by Gasteiger charge is 2.23. The van der Waals surface area contributed by atoms with E-state index in [1.807, 2.05) is 53.1 Å². The molecule has 0 radical (unpaired) electrons. The summed E-state index contributed by atoms with van der Waals surface area (Å²) < 4.78 is 1.87. The van der Waals surface area contributed by atoms with Crippen LogP contribution in [0, 0.1) is 17.2 Å². The van der Waals surface area contributed by atoms with Crippen molar-refractivity contribution in [2.75, 3.05) is 23.3 Å². The molecule has 0 aliphatic carbocycles. The molecule has 2 aromatic heterocycles. The highest BCUT2D eigenvalue weighted by molar-refractivity contribution is 5.90. The zero-order chi connectivity index (χ0) is 18.6. The van der Waals surface area contributed by atoms with Gasteiger partial charge in [0.05, 0.1) is 11.3 Å². The molecule has 3 heterocycles. The molecule has 0 saturated carbocycles. The molecule has 6 nitrogen and oxygen atoms in total. The van der Waals surface area contributed by atoms with Crippen LogP contribution in [-0.4, -0.2) is 28.4 Å². The molecule has 27 heavy (non-hydrogen) atoms. The predicted octanol–water partition coefficient (Wildman–Crippen LogP) is 3.45. The number of nitrogens with one attached hydrogen (secondary N) is 1. The third-order valence-corrected chi connectivity index (χ3v) is 5.15. The standard InChI is InChI=1S/C21H21N5O/c22-15-17-4-1-2-5-18(17)25-11-8-16(9-12-25)14-21(27)24-20-7-3-6-19-23-10-13-26(19)20/h1-7,10,13,16H,8-9,11-12,14H2,(H,24,27). The largest absolute Gasteiger partial charge is 0.370 e. The number of carbonyl (C=O) groups excluding carboxylic acids is 1. The summed E-state index contributed by atoms with van der Waals surface area (Å²) in [6.07, 6.45) is 5.97. The van der Waals surface area contributed by atoms with Crippen molar-refractivity contribution in [3.63, 3.8) is 0 Å². The number of rotatable bonds is 4. The lowest BCUT2D eigenvalue weighted by atomic mass is 9.92. The summed E-state index contributed by atoms with van der Waals surface area (Å²) in [5.41, 5.74) is 2.52. The van der Waals surface area contributed by atoms with Gasteiger partial charge in [-0.15, -0.1) is 0 Å². The van der Waals surface area contributed by atoms with Crippen LogP contribution in [0.25, 0.3) is 5.65 Å². The first kappa shape index (κ1) is 17.1. The third kappa shape index (κ3) is 3.63. The van der Waals surface area contributed by atoms with Crippen LogP contribution in [0.4, 0.5) is 11.5 Å². The van der Waals surface area contributed by atoms with Crippen molar-refractivity contribution in [1.82, 2.24) is 9.38 Å². The van der Waals surface area contributed by atoms with E-state index in [-0.39, 0.29) is 5.91 Å². The number of hydrogen-bond acceptors (Lipinski definition) is 4. The smallest absolute Gasteiger partial charge is 0.225 e. The fourth-order valence-corrected chi connectivity index (χ4v) is 3.73. The number of nitriles is 1. The van der Waals surface area contributed by atoms with Crippen LogP contribution in [0.3, 0.4) is 0 Å². The van der Waals surface area contributed by atoms with Gasteiger partial charge >= 0.3 is 0 Å². The number of piperidine rings is 1. The van der Waals surface area contributed by atoms with E-state index in [2.05, 4.69) is 21.3 Å². The molecule has 3 aromatic rings. The number of para-hydroxylation sites is 1. The van der Waals surface area contributed by atoms with Crippen molar-refractivity contribution in [1.29, 1.82) is 5.26 Å². The van der Waals surface area contributed by atoms with Gasteiger partial charge in [0.2, 0.25) is 5.91 Å². The van der Waals surface area contributed by atoms with Gasteiger partial charge in [0.1, 0.15) is 17.5 Å². The second kappa shape index (κ2) is 7.50. The van der Waals surface area contributed by atoms with Crippen molar-refractivity contribution < 1.29 is 4.79 Å². The second-order valence-corrected chi connectivity index (χ2v) is 6.88. The summed E-state index contributed by atoms with van der Waals surface area (Å²) in [6, 6.07) is 15.6.